The molecule has 0 N–H and O–H groups in total. The highest BCUT2D eigenvalue weighted by molar-refractivity contribution is 4.78. The molecule has 0 radical (unpaired) electrons. The Kier molecular flexibility index (Phi) is 11.2. The fraction of sp³-hybridized carbons (Fsp3) is 1.00. The van der Waals surface area contributed by atoms with Crippen LogP contribution in [0.4, 0.5) is 0 Å². The molecule has 144 valence electrons. The van der Waals surface area contributed by atoms with Crippen LogP contribution in [-0.2, 0) is 14.2 Å². The minimum absolute atomic E-state index is 0.322. The van der Waals surface area contributed by atoms with Crippen LogP contribution in [0.1, 0.15) is 79.1 Å². The Labute approximate surface area is 150 Å². The molecule has 3 heteroatoms. The van der Waals surface area contributed by atoms with Crippen LogP contribution < -0.4 is 0 Å². The maximum Gasteiger partial charge on any atom is 0.0600 e. The maximum atomic E-state index is 6.08. The van der Waals surface area contributed by atoms with Gasteiger partial charge in [-0.25, -0.2) is 0 Å². The van der Waals surface area contributed by atoms with Gasteiger partial charge in [-0.15, -0.1) is 0 Å². The summed E-state index contributed by atoms with van der Waals surface area (Å²) in [5.41, 5.74) is 0. The topological polar surface area (TPSA) is 27.7 Å². The summed E-state index contributed by atoms with van der Waals surface area (Å²) in [7, 11) is 3.69. The Morgan fingerprint density at radius 2 is 1.46 bits per heavy atom. The molecule has 1 fully saturated rings. The first-order valence-corrected chi connectivity index (χ1v) is 10.2. The average Bonchev–Trinajstić information content (AvgIpc) is 3.12. The van der Waals surface area contributed by atoms with E-state index in [1.54, 1.807) is 7.11 Å². The molecule has 3 nitrogen and oxygen atoms in total. The van der Waals surface area contributed by atoms with E-state index in [-0.39, 0.29) is 0 Å². The standard InChI is InChI=1S/C21H42O3/c1-7-24-20(14-12-16(2)18(4)22-5)17(3)13-15-21(23-6)19-10-8-9-11-19/h16-21H,7-15H2,1-6H3/t16?,17?,18-,20?,21-/m1/s1. The lowest BCUT2D eigenvalue weighted by atomic mass is 9.88. The number of hydrogen-bond acceptors (Lipinski definition) is 3. The Bertz CT molecular complexity index is 301. The van der Waals surface area contributed by atoms with Crippen molar-refractivity contribution in [1.82, 2.24) is 0 Å². The van der Waals surface area contributed by atoms with Crippen LogP contribution in [0, 0.1) is 17.8 Å². The van der Waals surface area contributed by atoms with Gasteiger partial charge in [-0.1, -0.05) is 26.7 Å². The van der Waals surface area contributed by atoms with Gasteiger partial charge in [-0.3, -0.25) is 0 Å². The summed E-state index contributed by atoms with van der Waals surface area (Å²) in [5.74, 6) is 1.96. The van der Waals surface area contributed by atoms with Crippen molar-refractivity contribution in [3.05, 3.63) is 0 Å². The molecule has 0 aliphatic heterocycles. The predicted molar refractivity (Wildman–Crippen MR) is 101 cm³/mol. The molecule has 0 heterocycles. The van der Waals surface area contributed by atoms with Crippen LogP contribution in [-0.4, -0.2) is 39.1 Å². The Morgan fingerprint density at radius 1 is 0.833 bits per heavy atom. The van der Waals surface area contributed by atoms with Gasteiger partial charge in [0.05, 0.1) is 18.3 Å². The van der Waals surface area contributed by atoms with Crippen LogP contribution >= 0.6 is 0 Å². The van der Waals surface area contributed by atoms with Crippen molar-refractivity contribution in [2.24, 2.45) is 17.8 Å². The SMILES string of the molecule is CCOC(CCC(C)[C@@H](C)OC)C(C)CC[C@@H](OC)C1CCCC1. The summed E-state index contributed by atoms with van der Waals surface area (Å²) < 4.78 is 17.3. The fourth-order valence-electron chi connectivity index (χ4n) is 4.13. The first-order valence-electron chi connectivity index (χ1n) is 10.2. The fourth-order valence-corrected chi connectivity index (χ4v) is 4.13. The van der Waals surface area contributed by atoms with Gasteiger partial charge in [-0.05, 0) is 70.1 Å². The van der Waals surface area contributed by atoms with Crippen LogP contribution in [0.2, 0.25) is 0 Å². The molecule has 0 amide bonds. The van der Waals surface area contributed by atoms with Crippen molar-refractivity contribution >= 4 is 0 Å². The molecule has 0 aromatic rings. The van der Waals surface area contributed by atoms with Crippen LogP contribution in [0.5, 0.6) is 0 Å². The van der Waals surface area contributed by atoms with E-state index in [0.29, 0.717) is 30.1 Å². The summed E-state index contributed by atoms with van der Waals surface area (Å²) in [6, 6.07) is 0. The third kappa shape index (κ3) is 7.41. The van der Waals surface area contributed by atoms with E-state index >= 15 is 0 Å². The maximum absolute atomic E-state index is 6.08. The Morgan fingerprint density at radius 3 is 2.00 bits per heavy atom. The van der Waals surface area contributed by atoms with Gasteiger partial charge in [0.25, 0.3) is 0 Å². The zero-order valence-electron chi connectivity index (χ0n) is 17.1. The zero-order chi connectivity index (χ0) is 17.9. The lowest BCUT2D eigenvalue weighted by Gasteiger charge is -2.29. The minimum Gasteiger partial charge on any atom is -0.381 e. The Hall–Kier alpha value is -0.120. The largest absolute Gasteiger partial charge is 0.381 e. The molecule has 1 aliphatic carbocycles. The number of rotatable bonds is 13. The van der Waals surface area contributed by atoms with Crippen molar-refractivity contribution in [1.29, 1.82) is 0 Å². The van der Waals surface area contributed by atoms with E-state index in [1.807, 2.05) is 7.11 Å². The normalized spacial score (nSPS) is 22.2. The third-order valence-electron chi connectivity index (χ3n) is 6.23. The van der Waals surface area contributed by atoms with Crippen molar-refractivity contribution in [3.63, 3.8) is 0 Å². The molecule has 0 aromatic heterocycles. The predicted octanol–water partition coefficient (Wildman–Crippen LogP) is 5.46. The van der Waals surface area contributed by atoms with Crippen LogP contribution in [0.15, 0.2) is 0 Å². The monoisotopic (exact) mass is 342 g/mol. The quantitative estimate of drug-likeness (QED) is 0.444. The number of hydrogen-bond donors (Lipinski definition) is 0. The molecular weight excluding hydrogens is 300 g/mol. The highest BCUT2D eigenvalue weighted by Gasteiger charge is 2.27. The van der Waals surface area contributed by atoms with E-state index in [4.69, 9.17) is 14.2 Å². The van der Waals surface area contributed by atoms with Gasteiger partial charge >= 0.3 is 0 Å². The van der Waals surface area contributed by atoms with Crippen molar-refractivity contribution in [3.8, 4) is 0 Å². The first kappa shape index (κ1) is 21.9. The van der Waals surface area contributed by atoms with Crippen molar-refractivity contribution < 1.29 is 14.2 Å². The molecule has 1 rings (SSSR count). The number of ether oxygens (including phenoxy) is 3. The molecule has 0 spiro atoms. The third-order valence-corrected chi connectivity index (χ3v) is 6.23. The van der Waals surface area contributed by atoms with E-state index < -0.39 is 0 Å². The van der Waals surface area contributed by atoms with Gasteiger partial charge < -0.3 is 14.2 Å². The molecular formula is C21H42O3. The van der Waals surface area contributed by atoms with Gasteiger partial charge in [-0.2, -0.15) is 0 Å². The van der Waals surface area contributed by atoms with Crippen molar-refractivity contribution in [2.45, 2.75) is 97.4 Å². The second kappa shape index (κ2) is 12.3. The van der Waals surface area contributed by atoms with E-state index in [9.17, 15) is 0 Å². The molecule has 3 unspecified atom stereocenters. The zero-order valence-corrected chi connectivity index (χ0v) is 17.1. The highest BCUT2D eigenvalue weighted by Crippen LogP contribution is 2.32. The Balaban J connectivity index is 2.42. The minimum atomic E-state index is 0.322. The molecule has 0 aromatic carbocycles. The van der Waals surface area contributed by atoms with Gasteiger partial charge in [0.1, 0.15) is 0 Å². The summed E-state index contributed by atoms with van der Waals surface area (Å²) in [6.07, 6.45) is 11.3. The molecule has 1 aliphatic rings. The van der Waals surface area contributed by atoms with E-state index in [1.165, 1.54) is 44.9 Å². The smallest absolute Gasteiger partial charge is 0.0600 e. The summed E-state index contributed by atoms with van der Waals surface area (Å²) in [4.78, 5) is 0. The number of methoxy groups -OCH3 is 2. The second-order valence-electron chi connectivity index (χ2n) is 7.86. The van der Waals surface area contributed by atoms with Crippen LogP contribution in [0.25, 0.3) is 0 Å². The molecule has 24 heavy (non-hydrogen) atoms. The van der Waals surface area contributed by atoms with Gasteiger partial charge in [0.2, 0.25) is 0 Å². The lowest BCUT2D eigenvalue weighted by molar-refractivity contribution is -0.00600. The molecule has 0 bridgehead atoms. The molecule has 0 saturated heterocycles. The second-order valence-corrected chi connectivity index (χ2v) is 7.86. The van der Waals surface area contributed by atoms with E-state index in [2.05, 4.69) is 27.7 Å². The summed E-state index contributed by atoms with van der Waals surface area (Å²) in [5, 5.41) is 0. The summed E-state index contributed by atoms with van der Waals surface area (Å²) >= 11 is 0. The molecule has 1 saturated carbocycles. The van der Waals surface area contributed by atoms with Gasteiger partial charge in [0.15, 0.2) is 0 Å². The lowest BCUT2D eigenvalue weighted by Crippen LogP contribution is -2.27. The first-order chi connectivity index (χ1) is 11.5. The molecule has 5 atom stereocenters. The highest BCUT2D eigenvalue weighted by atomic mass is 16.5. The summed E-state index contributed by atoms with van der Waals surface area (Å²) in [6.45, 7) is 9.71. The van der Waals surface area contributed by atoms with E-state index in [0.717, 1.165) is 18.9 Å². The van der Waals surface area contributed by atoms with Crippen molar-refractivity contribution in [2.75, 3.05) is 20.8 Å². The van der Waals surface area contributed by atoms with Crippen LogP contribution in [0.3, 0.4) is 0 Å². The van der Waals surface area contributed by atoms with Gasteiger partial charge in [0, 0.05) is 20.8 Å². The average molecular weight is 343 g/mol.